The van der Waals surface area contributed by atoms with Crippen molar-refractivity contribution in [3.8, 4) is 0 Å². The molecule has 110 valence electrons. The lowest BCUT2D eigenvalue weighted by Crippen LogP contribution is -2.44. The second-order valence-corrected chi connectivity index (χ2v) is 6.10. The number of hydrogen-bond acceptors (Lipinski definition) is 2. The van der Waals surface area contributed by atoms with Gasteiger partial charge in [-0.15, -0.1) is 0 Å². The molecule has 20 heavy (non-hydrogen) atoms. The molecule has 3 N–H and O–H groups in total. The lowest BCUT2D eigenvalue weighted by Gasteiger charge is -2.34. The van der Waals surface area contributed by atoms with Crippen molar-refractivity contribution >= 4 is 27.5 Å². The Hall–Kier alpha value is -1.01. The van der Waals surface area contributed by atoms with Gasteiger partial charge in [-0.05, 0) is 34.8 Å². The average molecular weight is 347 g/mol. The number of nitrogens with two attached hydrogens (primary N) is 1. The lowest BCUT2D eigenvalue weighted by atomic mass is 9.73. The van der Waals surface area contributed by atoms with Gasteiger partial charge >= 0.3 is 0 Å². The molecule has 1 aliphatic carbocycles. The van der Waals surface area contributed by atoms with E-state index in [0.717, 1.165) is 31.4 Å². The Morgan fingerprint density at radius 2 is 1.90 bits per heavy atom. The molecular weight excluding hydrogens is 330 g/mol. The number of nitrogens with one attached hydrogen (secondary N) is 1. The van der Waals surface area contributed by atoms with Gasteiger partial charge in [0.2, 0.25) is 5.91 Å². The van der Waals surface area contributed by atoms with Gasteiger partial charge in [-0.2, -0.15) is 0 Å². The van der Waals surface area contributed by atoms with Crippen molar-refractivity contribution in [1.82, 2.24) is 0 Å². The monoisotopic (exact) mass is 346 g/mol. The summed E-state index contributed by atoms with van der Waals surface area (Å²) in [5, 5.41) is 2.48. The first-order valence-electron chi connectivity index (χ1n) is 6.64. The van der Waals surface area contributed by atoms with Gasteiger partial charge in [-0.1, -0.05) is 19.3 Å². The zero-order chi connectivity index (χ0) is 14.8. The Kier molecular flexibility index (Phi) is 4.75. The summed E-state index contributed by atoms with van der Waals surface area (Å²) in [5.74, 6) is -1.61. The number of anilines is 1. The van der Waals surface area contributed by atoms with Crippen LogP contribution in [0.3, 0.4) is 0 Å². The molecule has 1 aromatic rings. The molecule has 0 atom stereocenters. The first-order chi connectivity index (χ1) is 9.48. The van der Waals surface area contributed by atoms with Crippen molar-refractivity contribution in [3.63, 3.8) is 0 Å². The predicted octanol–water partition coefficient (Wildman–Crippen LogP) is 3.58. The third-order valence-electron chi connectivity index (χ3n) is 3.94. The van der Waals surface area contributed by atoms with Gasteiger partial charge in [0, 0.05) is 12.6 Å². The highest BCUT2D eigenvalue weighted by atomic mass is 79.9. The van der Waals surface area contributed by atoms with Crippen LogP contribution in [0.15, 0.2) is 16.6 Å². The van der Waals surface area contributed by atoms with Crippen molar-refractivity contribution < 1.29 is 13.6 Å². The van der Waals surface area contributed by atoms with Crippen molar-refractivity contribution in [3.05, 3.63) is 28.2 Å². The van der Waals surface area contributed by atoms with E-state index in [1.165, 1.54) is 0 Å². The molecule has 3 nitrogen and oxygen atoms in total. The zero-order valence-electron chi connectivity index (χ0n) is 11.0. The van der Waals surface area contributed by atoms with Crippen molar-refractivity contribution in [2.24, 2.45) is 11.1 Å². The van der Waals surface area contributed by atoms with E-state index in [0.29, 0.717) is 12.8 Å². The molecule has 0 bridgehead atoms. The van der Waals surface area contributed by atoms with E-state index in [-0.39, 0.29) is 22.6 Å². The third kappa shape index (κ3) is 3.01. The molecule has 2 rings (SSSR count). The van der Waals surface area contributed by atoms with Gasteiger partial charge in [0.05, 0.1) is 15.6 Å². The van der Waals surface area contributed by atoms with Crippen LogP contribution in [0.4, 0.5) is 14.5 Å². The van der Waals surface area contributed by atoms with Crippen LogP contribution in [0.2, 0.25) is 0 Å². The maximum atomic E-state index is 13.7. The molecule has 0 heterocycles. The maximum absolute atomic E-state index is 13.7. The van der Waals surface area contributed by atoms with E-state index in [4.69, 9.17) is 5.73 Å². The summed E-state index contributed by atoms with van der Waals surface area (Å²) in [6.45, 7) is 0.222. The summed E-state index contributed by atoms with van der Waals surface area (Å²) in [7, 11) is 0. The minimum Gasteiger partial charge on any atom is -0.329 e. The molecule has 0 spiro atoms. The fourth-order valence-electron chi connectivity index (χ4n) is 2.63. The van der Waals surface area contributed by atoms with Gasteiger partial charge in [-0.25, -0.2) is 8.78 Å². The van der Waals surface area contributed by atoms with E-state index in [1.807, 2.05) is 0 Å². The van der Waals surface area contributed by atoms with Gasteiger partial charge in [-0.3, -0.25) is 4.79 Å². The number of amides is 1. The molecule has 6 heteroatoms. The fraction of sp³-hybridized carbons (Fsp3) is 0.500. The minimum absolute atomic E-state index is 0.0270. The Bertz CT molecular complexity index is 516. The van der Waals surface area contributed by atoms with Crippen LogP contribution in [0.25, 0.3) is 0 Å². The largest absolute Gasteiger partial charge is 0.329 e. The summed E-state index contributed by atoms with van der Waals surface area (Å²) in [6.07, 6.45) is 4.33. The quantitative estimate of drug-likeness (QED) is 0.822. The first-order valence-corrected chi connectivity index (χ1v) is 7.44. The molecule has 0 saturated heterocycles. The SMILES string of the molecule is NCC1(C(=O)Nc2cc(F)c(Br)cc2F)CCCCC1. The number of carbonyl (C=O) groups excluding carboxylic acids is 1. The molecule has 0 aromatic heterocycles. The summed E-state index contributed by atoms with van der Waals surface area (Å²) in [6, 6.07) is 1.98. The van der Waals surface area contributed by atoms with Crippen molar-refractivity contribution in [2.45, 2.75) is 32.1 Å². The Morgan fingerprint density at radius 1 is 1.25 bits per heavy atom. The third-order valence-corrected chi connectivity index (χ3v) is 4.55. The highest BCUT2D eigenvalue weighted by molar-refractivity contribution is 9.10. The molecule has 1 saturated carbocycles. The number of hydrogen-bond donors (Lipinski definition) is 2. The molecule has 1 amide bonds. The molecule has 0 unspecified atom stereocenters. The zero-order valence-corrected chi connectivity index (χ0v) is 12.6. The Balaban J connectivity index is 2.20. The number of carbonyl (C=O) groups is 1. The van der Waals surface area contributed by atoms with Crippen LogP contribution in [0.1, 0.15) is 32.1 Å². The van der Waals surface area contributed by atoms with Crippen molar-refractivity contribution in [2.75, 3.05) is 11.9 Å². The first kappa shape index (κ1) is 15.4. The number of benzene rings is 1. The summed E-state index contributed by atoms with van der Waals surface area (Å²) in [5.41, 5.74) is 4.95. The van der Waals surface area contributed by atoms with Gasteiger partial charge in [0.15, 0.2) is 0 Å². The van der Waals surface area contributed by atoms with Crippen LogP contribution < -0.4 is 11.1 Å². The molecule has 1 fully saturated rings. The maximum Gasteiger partial charge on any atom is 0.231 e. The van der Waals surface area contributed by atoms with Gasteiger partial charge in [0.25, 0.3) is 0 Å². The summed E-state index contributed by atoms with van der Waals surface area (Å²) < 4.78 is 27.2. The predicted molar refractivity (Wildman–Crippen MR) is 77.3 cm³/mol. The lowest BCUT2D eigenvalue weighted by molar-refractivity contribution is -0.126. The van der Waals surface area contributed by atoms with E-state index < -0.39 is 17.0 Å². The van der Waals surface area contributed by atoms with E-state index in [9.17, 15) is 13.6 Å². The summed E-state index contributed by atoms with van der Waals surface area (Å²) >= 11 is 2.90. The highest BCUT2D eigenvalue weighted by Gasteiger charge is 2.38. The smallest absolute Gasteiger partial charge is 0.231 e. The number of rotatable bonds is 3. The number of halogens is 3. The van der Waals surface area contributed by atoms with Crippen LogP contribution >= 0.6 is 15.9 Å². The minimum atomic E-state index is -0.672. The molecule has 0 radical (unpaired) electrons. The molecular formula is C14H17BrF2N2O. The van der Waals surface area contributed by atoms with Crippen LogP contribution in [-0.4, -0.2) is 12.5 Å². The fourth-order valence-corrected chi connectivity index (χ4v) is 2.94. The normalized spacial score (nSPS) is 17.8. The molecule has 1 aromatic carbocycles. The van der Waals surface area contributed by atoms with Crippen LogP contribution in [0, 0.1) is 17.0 Å². The molecule has 1 aliphatic rings. The van der Waals surface area contributed by atoms with E-state index in [1.54, 1.807) is 0 Å². The highest BCUT2D eigenvalue weighted by Crippen LogP contribution is 2.37. The van der Waals surface area contributed by atoms with E-state index in [2.05, 4.69) is 21.2 Å². The van der Waals surface area contributed by atoms with Crippen molar-refractivity contribution in [1.29, 1.82) is 0 Å². The van der Waals surface area contributed by atoms with Crippen LogP contribution in [0.5, 0.6) is 0 Å². The average Bonchev–Trinajstić information content (AvgIpc) is 2.45. The standard InChI is InChI=1S/C14H17BrF2N2O/c15-9-6-11(17)12(7-10(9)16)19-13(20)14(8-18)4-2-1-3-5-14/h6-7H,1-5,8,18H2,(H,19,20). The topological polar surface area (TPSA) is 55.1 Å². The molecule has 0 aliphatic heterocycles. The van der Waals surface area contributed by atoms with Gasteiger partial charge in [0.1, 0.15) is 11.6 Å². The Labute approximate surface area is 125 Å². The Morgan fingerprint density at radius 3 is 2.50 bits per heavy atom. The van der Waals surface area contributed by atoms with E-state index >= 15 is 0 Å². The van der Waals surface area contributed by atoms with Crippen LogP contribution in [-0.2, 0) is 4.79 Å². The second-order valence-electron chi connectivity index (χ2n) is 5.25. The van der Waals surface area contributed by atoms with Gasteiger partial charge < -0.3 is 11.1 Å². The second kappa shape index (κ2) is 6.18. The summed E-state index contributed by atoms with van der Waals surface area (Å²) in [4.78, 5) is 12.4.